The Labute approximate surface area is 94.3 Å². The molecule has 0 amide bonds. The molecule has 2 N–H and O–H groups in total. The first kappa shape index (κ1) is 11.0. The summed E-state index contributed by atoms with van der Waals surface area (Å²) in [5.74, 6) is -0.261. The summed E-state index contributed by atoms with van der Waals surface area (Å²) in [6.45, 7) is 5.73. The SMILES string of the molecule is Cc1cc(C(C)(C)N)c2cc(F)ccc2n1. The van der Waals surface area contributed by atoms with Gasteiger partial charge >= 0.3 is 0 Å². The largest absolute Gasteiger partial charge is 0.322 e. The lowest BCUT2D eigenvalue weighted by Gasteiger charge is -2.21. The van der Waals surface area contributed by atoms with Gasteiger partial charge in [0.05, 0.1) is 5.52 Å². The molecule has 1 aromatic heterocycles. The molecule has 1 heterocycles. The molecule has 1 aromatic carbocycles. The fraction of sp³-hybridized carbons (Fsp3) is 0.308. The molecular formula is C13H15FN2. The van der Waals surface area contributed by atoms with Crippen LogP contribution in [0.5, 0.6) is 0 Å². The highest BCUT2D eigenvalue weighted by Crippen LogP contribution is 2.27. The first-order valence-electron chi connectivity index (χ1n) is 5.24. The van der Waals surface area contributed by atoms with Gasteiger partial charge in [0.1, 0.15) is 5.82 Å². The number of rotatable bonds is 1. The highest BCUT2D eigenvalue weighted by molar-refractivity contribution is 5.83. The van der Waals surface area contributed by atoms with Crippen molar-refractivity contribution in [2.75, 3.05) is 0 Å². The number of aryl methyl sites for hydroxylation is 1. The van der Waals surface area contributed by atoms with Crippen molar-refractivity contribution < 1.29 is 4.39 Å². The van der Waals surface area contributed by atoms with Gasteiger partial charge in [0.25, 0.3) is 0 Å². The smallest absolute Gasteiger partial charge is 0.123 e. The van der Waals surface area contributed by atoms with Gasteiger partial charge in [-0.05, 0) is 50.6 Å². The topological polar surface area (TPSA) is 38.9 Å². The second-order valence-electron chi connectivity index (χ2n) is 4.69. The monoisotopic (exact) mass is 218 g/mol. The first-order valence-corrected chi connectivity index (χ1v) is 5.24. The zero-order valence-electron chi connectivity index (χ0n) is 9.71. The third-order valence-electron chi connectivity index (χ3n) is 2.59. The number of benzene rings is 1. The summed E-state index contributed by atoms with van der Waals surface area (Å²) in [5.41, 5.74) is 8.20. The molecule has 0 aliphatic heterocycles. The quantitative estimate of drug-likeness (QED) is 0.799. The Balaban J connectivity index is 2.85. The molecule has 2 aromatic rings. The minimum Gasteiger partial charge on any atom is -0.322 e. The number of hydrogen-bond donors (Lipinski definition) is 1. The zero-order valence-corrected chi connectivity index (χ0v) is 9.71. The number of nitrogens with two attached hydrogens (primary N) is 1. The molecule has 0 unspecified atom stereocenters. The molecule has 2 nitrogen and oxygen atoms in total. The van der Waals surface area contributed by atoms with E-state index in [1.54, 1.807) is 6.07 Å². The number of pyridine rings is 1. The Morgan fingerprint density at radius 1 is 1.25 bits per heavy atom. The van der Waals surface area contributed by atoms with Crippen molar-refractivity contribution in [1.29, 1.82) is 0 Å². The fourth-order valence-corrected chi connectivity index (χ4v) is 1.86. The Bertz CT molecular complexity index is 541. The van der Waals surface area contributed by atoms with Gasteiger partial charge in [-0.2, -0.15) is 0 Å². The second kappa shape index (κ2) is 3.52. The number of nitrogens with zero attached hydrogens (tertiary/aromatic N) is 1. The predicted molar refractivity (Wildman–Crippen MR) is 63.7 cm³/mol. The van der Waals surface area contributed by atoms with E-state index in [1.165, 1.54) is 12.1 Å². The molecule has 2 rings (SSSR count). The van der Waals surface area contributed by atoms with Gasteiger partial charge in [-0.15, -0.1) is 0 Å². The van der Waals surface area contributed by atoms with Crippen LogP contribution in [0.15, 0.2) is 24.3 Å². The van der Waals surface area contributed by atoms with Gasteiger partial charge in [-0.25, -0.2) is 4.39 Å². The van der Waals surface area contributed by atoms with Crippen LogP contribution in [0.3, 0.4) is 0 Å². The van der Waals surface area contributed by atoms with Gasteiger partial charge in [0.15, 0.2) is 0 Å². The lowest BCUT2D eigenvalue weighted by Crippen LogP contribution is -2.29. The maximum absolute atomic E-state index is 13.2. The third kappa shape index (κ3) is 1.91. The van der Waals surface area contributed by atoms with Crippen LogP contribution in [0.4, 0.5) is 4.39 Å². The van der Waals surface area contributed by atoms with Crippen LogP contribution in [0, 0.1) is 12.7 Å². The van der Waals surface area contributed by atoms with E-state index in [1.807, 2.05) is 26.8 Å². The summed E-state index contributed by atoms with van der Waals surface area (Å²) in [6.07, 6.45) is 0. The Kier molecular flexibility index (Phi) is 2.43. The Morgan fingerprint density at radius 2 is 1.94 bits per heavy atom. The van der Waals surface area contributed by atoms with Crippen LogP contribution in [0.25, 0.3) is 10.9 Å². The van der Waals surface area contributed by atoms with E-state index in [-0.39, 0.29) is 5.82 Å². The van der Waals surface area contributed by atoms with Gasteiger partial charge < -0.3 is 5.73 Å². The average molecular weight is 218 g/mol. The minimum atomic E-state index is -0.500. The summed E-state index contributed by atoms with van der Waals surface area (Å²) in [5, 5.41) is 0.790. The van der Waals surface area contributed by atoms with E-state index in [0.717, 1.165) is 22.2 Å². The van der Waals surface area contributed by atoms with Gasteiger partial charge in [-0.1, -0.05) is 0 Å². The molecule has 0 aliphatic carbocycles. The van der Waals surface area contributed by atoms with Crippen molar-refractivity contribution in [3.05, 3.63) is 41.3 Å². The molecule has 0 fully saturated rings. The summed E-state index contributed by atoms with van der Waals surface area (Å²) < 4.78 is 13.2. The van der Waals surface area contributed by atoms with Crippen LogP contribution in [0.1, 0.15) is 25.1 Å². The molecule has 0 aliphatic rings. The highest BCUT2D eigenvalue weighted by atomic mass is 19.1. The minimum absolute atomic E-state index is 0.261. The van der Waals surface area contributed by atoms with E-state index in [2.05, 4.69) is 4.98 Å². The summed E-state index contributed by atoms with van der Waals surface area (Å²) in [4.78, 5) is 4.37. The summed E-state index contributed by atoms with van der Waals surface area (Å²) in [7, 11) is 0. The van der Waals surface area contributed by atoms with Crippen LogP contribution in [-0.4, -0.2) is 4.98 Å². The van der Waals surface area contributed by atoms with E-state index < -0.39 is 5.54 Å². The summed E-state index contributed by atoms with van der Waals surface area (Å²) >= 11 is 0. The van der Waals surface area contributed by atoms with E-state index in [0.29, 0.717) is 0 Å². The number of hydrogen-bond acceptors (Lipinski definition) is 2. The lowest BCUT2D eigenvalue weighted by atomic mass is 9.91. The fourth-order valence-electron chi connectivity index (χ4n) is 1.86. The second-order valence-corrected chi connectivity index (χ2v) is 4.69. The Hall–Kier alpha value is -1.48. The normalized spacial score (nSPS) is 12.1. The molecular weight excluding hydrogens is 203 g/mol. The maximum Gasteiger partial charge on any atom is 0.123 e. The van der Waals surface area contributed by atoms with E-state index >= 15 is 0 Å². The van der Waals surface area contributed by atoms with Crippen molar-refractivity contribution in [1.82, 2.24) is 4.98 Å². The highest BCUT2D eigenvalue weighted by Gasteiger charge is 2.18. The predicted octanol–water partition coefficient (Wildman–Crippen LogP) is 2.88. The lowest BCUT2D eigenvalue weighted by molar-refractivity contribution is 0.558. The molecule has 0 spiro atoms. The Morgan fingerprint density at radius 3 is 2.56 bits per heavy atom. The van der Waals surface area contributed by atoms with Crippen molar-refractivity contribution in [3.63, 3.8) is 0 Å². The van der Waals surface area contributed by atoms with Crippen LogP contribution in [0.2, 0.25) is 0 Å². The number of aromatic nitrogens is 1. The van der Waals surface area contributed by atoms with Crippen molar-refractivity contribution >= 4 is 10.9 Å². The summed E-state index contributed by atoms with van der Waals surface area (Å²) in [6, 6.07) is 6.52. The van der Waals surface area contributed by atoms with Gasteiger partial charge in [-0.3, -0.25) is 4.98 Å². The average Bonchev–Trinajstić information content (AvgIpc) is 2.16. The van der Waals surface area contributed by atoms with Crippen molar-refractivity contribution in [3.8, 4) is 0 Å². The van der Waals surface area contributed by atoms with Crippen molar-refractivity contribution in [2.45, 2.75) is 26.3 Å². The van der Waals surface area contributed by atoms with Crippen molar-refractivity contribution in [2.24, 2.45) is 5.73 Å². The molecule has 0 bridgehead atoms. The zero-order chi connectivity index (χ0) is 11.9. The van der Waals surface area contributed by atoms with Crippen LogP contribution < -0.4 is 5.73 Å². The number of fused-ring (bicyclic) bond motifs is 1. The molecule has 84 valence electrons. The van der Waals surface area contributed by atoms with Gasteiger partial charge in [0.2, 0.25) is 0 Å². The molecule has 0 saturated carbocycles. The standard InChI is InChI=1S/C13H15FN2/c1-8-6-11(13(2,3)15)10-7-9(14)4-5-12(10)16-8/h4-7H,15H2,1-3H3. The third-order valence-corrected chi connectivity index (χ3v) is 2.59. The van der Waals surface area contributed by atoms with Crippen LogP contribution >= 0.6 is 0 Å². The molecule has 0 radical (unpaired) electrons. The van der Waals surface area contributed by atoms with Gasteiger partial charge in [0, 0.05) is 16.6 Å². The maximum atomic E-state index is 13.2. The molecule has 0 atom stereocenters. The van der Waals surface area contributed by atoms with E-state index in [4.69, 9.17) is 5.73 Å². The van der Waals surface area contributed by atoms with E-state index in [9.17, 15) is 4.39 Å². The molecule has 0 saturated heterocycles. The number of halogens is 1. The first-order chi connectivity index (χ1) is 7.38. The molecule has 16 heavy (non-hydrogen) atoms. The molecule has 3 heteroatoms. The van der Waals surface area contributed by atoms with Crippen LogP contribution in [-0.2, 0) is 5.54 Å².